The fourth-order valence-corrected chi connectivity index (χ4v) is 3.60. The summed E-state index contributed by atoms with van der Waals surface area (Å²) >= 11 is 0. The second-order valence-corrected chi connectivity index (χ2v) is 8.37. The van der Waals surface area contributed by atoms with E-state index in [4.69, 9.17) is 5.11 Å². The summed E-state index contributed by atoms with van der Waals surface area (Å²) in [5, 5.41) is 11.9. The van der Waals surface area contributed by atoms with Gasteiger partial charge < -0.3 is 10.4 Å². The molecule has 1 aromatic rings. The Labute approximate surface area is 191 Å². The van der Waals surface area contributed by atoms with Crippen LogP contribution in [-0.4, -0.2) is 23.8 Å². The first-order chi connectivity index (χ1) is 15.4. The van der Waals surface area contributed by atoms with Crippen molar-refractivity contribution in [3.05, 3.63) is 29.8 Å². The molecule has 32 heavy (non-hydrogen) atoms. The highest BCUT2D eigenvalue weighted by atomic mass is 19.4. The molecule has 3 nitrogen and oxygen atoms in total. The smallest absolute Gasteiger partial charge is 0.389 e. The maximum atomic E-state index is 12.0. The number of carbonyl (C=O) groups is 1. The lowest BCUT2D eigenvalue weighted by Crippen LogP contribution is -2.06. The second kappa shape index (κ2) is 17.4. The largest absolute Gasteiger partial charge is 0.472 e. The molecule has 0 aliphatic carbocycles. The van der Waals surface area contributed by atoms with E-state index in [0.29, 0.717) is 12.0 Å². The molecule has 0 saturated heterocycles. The third-order valence-electron chi connectivity index (χ3n) is 5.41. The number of halogens is 3. The molecule has 0 saturated carbocycles. The first kappa shape index (κ1) is 27.9. The second-order valence-electron chi connectivity index (χ2n) is 8.37. The summed E-state index contributed by atoms with van der Waals surface area (Å²) in [5.41, 5.74) is 1.71. The lowest BCUT2D eigenvalue weighted by molar-refractivity contribution is -0.135. The SMILES string of the molecule is O=C(O)C#Cc1ccc(NCCCCCCCCCCCCCCCCC(F)(F)F)cc1. The Morgan fingerprint density at radius 3 is 1.62 bits per heavy atom. The Kier molecular flexibility index (Phi) is 15.2. The number of aliphatic carboxylic acids is 1. The molecule has 6 heteroatoms. The number of hydrogen-bond donors (Lipinski definition) is 2. The molecule has 2 N–H and O–H groups in total. The van der Waals surface area contributed by atoms with Crippen LogP contribution in [-0.2, 0) is 4.79 Å². The topological polar surface area (TPSA) is 49.3 Å². The van der Waals surface area contributed by atoms with E-state index in [-0.39, 0.29) is 6.42 Å². The molecule has 0 radical (unpaired) electrons. The molecule has 0 aliphatic rings. The van der Waals surface area contributed by atoms with Crippen LogP contribution in [0.4, 0.5) is 18.9 Å². The summed E-state index contributed by atoms with van der Waals surface area (Å²) in [6, 6.07) is 7.47. The van der Waals surface area contributed by atoms with E-state index in [1.54, 1.807) is 0 Å². The van der Waals surface area contributed by atoms with Gasteiger partial charge in [-0.05, 0) is 37.1 Å². The monoisotopic (exact) mass is 453 g/mol. The molecule has 180 valence electrons. The minimum Gasteiger partial charge on any atom is -0.472 e. The number of carboxylic acid groups (broad SMARTS) is 1. The molecule has 0 amide bonds. The Morgan fingerprint density at radius 2 is 1.19 bits per heavy atom. The zero-order valence-electron chi connectivity index (χ0n) is 19.1. The standard InChI is InChI=1S/C26H38F3NO2/c27-26(28,29)21-13-11-9-7-5-3-1-2-4-6-8-10-12-14-22-30-24-18-15-23(16-19-24)17-20-25(31)32/h15-16,18-19,30H,1-14,21-22H2,(H,31,32). The van der Waals surface area contributed by atoms with Crippen molar-refractivity contribution in [1.82, 2.24) is 0 Å². The van der Waals surface area contributed by atoms with Gasteiger partial charge in [0, 0.05) is 30.1 Å². The third-order valence-corrected chi connectivity index (χ3v) is 5.41. The van der Waals surface area contributed by atoms with E-state index in [9.17, 15) is 18.0 Å². The van der Waals surface area contributed by atoms with Crippen LogP contribution in [0.15, 0.2) is 24.3 Å². The lowest BCUT2D eigenvalue weighted by atomic mass is 10.0. The molecular weight excluding hydrogens is 415 g/mol. The number of unbranched alkanes of at least 4 members (excludes halogenated alkanes) is 13. The minimum absolute atomic E-state index is 0.276. The Bertz CT molecular complexity index is 675. The fraction of sp³-hybridized carbons (Fsp3) is 0.654. The van der Waals surface area contributed by atoms with Crippen molar-refractivity contribution in [3.8, 4) is 11.8 Å². The molecule has 0 spiro atoms. The van der Waals surface area contributed by atoms with Crippen molar-refractivity contribution in [2.24, 2.45) is 0 Å². The lowest BCUT2D eigenvalue weighted by Gasteiger charge is -2.07. The average Bonchev–Trinajstić information content (AvgIpc) is 2.74. The first-order valence-electron chi connectivity index (χ1n) is 12.0. The quantitative estimate of drug-likeness (QED) is 0.186. The summed E-state index contributed by atoms with van der Waals surface area (Å²) in [6.07, 6.45) is 10.6. The van der Waals surface area contributed by atoms with Gasteiger partial charge in [0.2, 0.25) is 0 Å². The predicted octanol–water partition coefficient (Wildman–Crippen LogP) is 7.95. The molecule has 0 bridgehead atoms. The number of benzene rings is 1. The molecule has 0 aromatic heterocycles. The van der Waals surface area contributed by atoms with Gasteiger partial charge in [0.25, 0.3) is 0 Å². The highest BCUT2D eigenvalue weighted by Gasteiger charge is 2.25. The third kappa shape index (κ3) is 17.5. The van der Waals surface area contributed by atoms with Crippen molar-refractivity contribution in [3.63, 3.8) is 0 Å². The average molecular weight is 454 g/mol. The molecule has 0 heterocycles. The van der Waals surface area contributed by atoms with Crippen molar-refractivity contribution in [2.75, 3.05) is 11.9 Å². The predicted molar refractivity (Wildman–Crippen MR) is 125 cm³/mol. The highest BCUT2D eigenvalue weighted by molar-refractivity contribution is 5.87. The normalized spacial score (nSPS) is 11.1. The van der Waals surface area contributed by atoms with Crippen molar-refractivity contribution < 1.29 is 23.1 Å². The van der Waals surface area contributed by atoms with Crippen LogP contribution in [0.25, 0.3) is 0 Å². The Hall–Kier alpha value is -2.16. The van der Waals surface area contributed by atoms with Crippen LogP contribution in [0.5, 0.6) is 0 Å². The van der Waals surface area contributed by atoms with Crippen LogP contribution >= 0.6 is 0 Å². The van der Waals surface area contributed by atoms with Gasteiger partial charge in [-0.2, -0.15) is 13.2 Å². The van der Waals surface area contributed by atoms with E-state index in [2.05, 4.69) is 17.2 Å². The van der Waals surface area contributed by atoms with Crippen molar-refractivity contribution in [1.29, 1.82) is 0 Å². The zero-order valence-corrected chi connectivity index (χ0v) is 19.1. The van der Waals surface area contributed by atoms with Crippen molar-refractivity contribution >= 4 is 11.7 Å². The summed E-state index contributed by atoms with van der Waals surface area (Å²) in [7, 11) is 0. The number of carboxylic acids is 1. The van der Waals surface area contributed by atoms with E-state index < -0.39 is 18.6 Å². The summed E-state index contributed by atoms with van der Waals surface area (Å²) in [6.45, 7) is 0.927. The molecule has 1 aromatic carbocycles. The van der Waals surface area contributed by atoms with Gasteiger partial charge in [-0.1, -0.05) is 83.0 Å². The van der Waals surface area contributed by atoms with Crippen LogP contribution in [0, 0.1) is 11.8 Å². The zero-order chi connectivity index (χ0) is 23.5. The minimum atomic E-state index is -3.99. The summed E-state index contributed by atoms with van der Waals surface area (Å²) in [5.74, 6) is 3.57. The molecule has 1 rings (SSSR count). The highest BCUT2D eigenvalue weighted by Crippen LogP contribution is 2.23. The summed E-state index contributed by atoms with van der Waals surface area (Å²) < 4.78 is 36.1. The number of nitrogens with one attached hydrogen (secondary N) is 1. The number of hydrogen-bond acceptors (Lipinski definition) is 2. The van der Waals surface area contributed by atoms with Gasteiger partial charge in [-0.25, -0.2) is 4.79 Å². The van der Waals surface area contributed by atoms with Crippen LogP contribution in [0.1, 0.15) is 102 Å². The van der Waals surface area contributed by atoms with Crippen molar-refractivity contribution in [2.45, 2.75) is 102 Å². The molecule has 0 unspecified atom stereocenters. The Balaban J connectivity index is 1.84. The maximum absolute atomic E-state index is 12.0. The van der Waals surface area contributed by atoms with Gasteiger partial charge in [0.1, 0.15) is 0 Å². The first-order valence-corrected chi connectivity index (χ1v) is 12.0. The van der Waals surface area contributed by atoms with E-state index >= 15 is 0 Å². The van der Waals surface area contributed by atoms with Gasteiger partial charge in [-0.3, -0.25) is 0 Å². The van der Waals surface area contributed by atoms with Crippen LogP contribution in [0.2, 0.25) is 0 Å². The fourth-order valence-electron chi connectivity index (χ4n) is 3.60. The molecule has 0 aliphatic heterocycles. The van der Waals surface area contributed by atoms with Crippen LogP contribution in [0.3, 0.4) is 0 Å². The van der Waals surface area contributed by atoms with E-state index in [0.717, 1.165) is 37.9 Å². The van der Waals surface area contributed by atoms with E-state index in [1.807, 2.05) is 24.3 Å². The summed E-state index contributed by atoms with van der Waals surface area (Å²) in [4.78, 5) is 10.4. The van der Waals surface area contributed by atoms with Gasteiger partial charge in [0.15, 0.2) is 0 Å². The van der Waals surface area contributed by atoms with Gasteiger partial charge >= 0.3 is 12.1 Å². The molecular formula is C26H38F3NO2. The number of rotatable bonds is 17. The Morgan fingerprint density at radius 1 is 0.750 bits per heavy atom. The maximum Gasteiger partial charge on any atom is 0.389 e. The van der Waals surface area contributed by atoms with E-state index in [1.165, 1.54) is 51.4 Å². The molecule has 0 fully saturated rings. The van der Waals surface area contributed by atoms with Gasteiger partial charge in [0.05, 0.1) is 0 Å². The molecule has 0 atom stereocenters. The van der Waals surface area contributed by atoms with Crippen LogP contribution < -0.4 is 5.32 Å². The number of alkyl halides is 3. The van der Waals surface area contributed by atoms with Gasteiger partial charge in [-0.15, -0.1) is 0 Å². The number of anilines is 1.